The SMILES string of the molecule is CC[C@H](C)[C@@H]([C@@H](CC(=O)N1CCC[C@H]1[C@H](OC)[C@@H](C)C(=O)N[C@H](C)[C@@H](O)c1ccccc1)OC)N(C)C(=O)[C@@H](NC(=O)[C@H](C(C)C)[N+](C)(C)Cc1ccc(NC(=O)[C@H](CCCNC(N)=O)NC(=O)[C@@H](NC(=O)OCC2c3ccccc3-c3ccccc32)C(C)C)cc1)C(C)C. The first-order valence-corrected chi connectivity index (χ1v) is 33.7. The molecule has 2 aliphatic rings. The van der Waals surface area contributed by atoms with Crippen LogP contribution in [0.2, 0.25) is 0 Å². The van der Waals surface area contributed by atoms with Gasteiger partial charge in [0.15, 0.2) is 6.04 Å². The quantitative estimate of drug-likeness (QED) is 0.0163. The number of hydrogen-bond acceptors (Lipinski definition) is 12. The summed E-state index contributed by atoms with van der Waals surface area (Å²) < 4.78 is 18.1. The number of urea groups is 1. The van der Waals surface area contributed by atoms with E-state index in [4.69, 9.17) is 19.9 Å². The number of benzene rings is 4. The summed E-state index contributed by atoms with van der Waals surface area (Å²) in [5.74, 6) is -4.15. The van der Waals surface area contributed by atoms with E-state index in [-0.39, 0.29) is 84.2 Å². The molecule has 0 saturated carbocycles. The van der Waals surface area contributed by atoms with Crippen LogP contribution in [0.5, 0.6) is 0 Å². The van der Waals surface area contributed by atoms with Crippen LogP contribution in [0.1, 0.15) is 142 Å². The fourth-order valence-electron chi connectivity index (χ4n) is 13.9. The minimum atomic E-state index is -1.09. The number of ether oxygens (including phenoxy) is 3. The highest BCUT2D eigenvalue weighted by molar-refractivity contribution is 5.98. The van der Waals surface area contributed by atoms with Crippen molar-refractivity contribution < 1.29 is 62.2 Å². The van der Waals surface area contributed by atoms with Gasteiger partial charge in [-0.25, -0.2) is 9.59 Å². The number of fused-ring (bicyclic) bond motifs is 3. The lowest BCUT2D eigenvalue weighted by Crippen LogP contribution is -2.63. The molecular weight excluding hydrogens is 1210 g/mol. The van der Waals surface area contributed by atoms with Crippen molar-refractivity contribution in [1.29, 1.82) is 0 Å². The number of quaternary nitrogens is 1. The summed E-state index contributed by atoms with van der Waals surface area (Å²) in [6.07, 6.45) is -0.741. The Labute approximate surface area is 562 Å². The Morgan fingerprint density at radius 3 is 1.86 bits per heavy atom. The number of likely N-dealkylation sites (tertiary alicyclic amines) is 1. The number of rotatable bonds is 34. The Hall–Kier alpha value is -7.92. The molecule has 0 aromatic heterocycles. The maximum atomic E-state index is 15.0. The molecule has 22 nitrogen and oxygen atoms in total. The van der Waals surface area contributed by atoms with Gasteiger partial charge >= 0.3 is 12.1 Å². The van der Waals surface area contributed by atoms with E-state index >= 15 is 0 Å². The average Bonchev–Trinajstić information content (AvgIpc) is 1.65. The molecule has 1 aliphatic carbocycles. The van der Waals surface area contributed by atoms with Gasteiger partial charge in [-0.15, -0.1) is 0 Å². The van der Waals surface area contributed by atoms with E-state index < -0.39 is 96.4 Å². The average molecular weight is 1320 g/mol. The van der Waals surface area contributed by atoms with Crippen LogP contribution in [0.15, 0.2) is 103 Å². The molecule has 12 atom stereocenters. The van der Waals surface area contributed by atoms with Gasteiger partial charge in [0, 0.05) is 57.4 Å². The van der Waals surface area contributed by atoms with Gasteiger partial charge in [-0.1, -0.05) is 160 Å². The second kappa shape index (κ2) is 35.2. The van der Waals surface area contributed by atoms with Crippen molar-refractivity contribution in [3.05, 3.63) is 125 Å². The Morgan fingerprint density at radius 1 is 0.705 bits per heavy atom. The number of nitrogens with zero attached hydrogens (tertiary/aromatic N) is 3. The van der Waals surface area contributed by atoms with Crippen molar-refractivity contribution in [1.82, 2.24) is 36.4 Å². The normalized spacial score (nSPS) is 17.3. The third kappa shape index (κ3) is 19.9. The summed E-state index contributed by atoms with van der Waals surface area (Å²) in [5.41, 5.74) is 11.5. The van der Waals surface area contributed by atoms with Gasteiger partial charge in [-0.05, 0) is 90.3 Å². The van der Waals surface area contributed by atoms with Crippen LogP contribution in [0.4, 0.5) is 15.3 Å². The number of alkyl carbamates (subject to hydrolysis) is 1. The molecule has 1 heterocycles. The second-order valence-electron chi connectivity index (χ2n) is 27.5. The van der Waals surface area contributed by atoms with E-state index in [9.17, 15) is 43.5 Å². The zero-order valence-corrected chi connectivity index (χ0v) is 58.5. The summed E-state index contributed by atoms with van der Waals surface area (Å²) in [6, 6.07) is 26.2. The minimum absolute atomic E-state index is 0.0474. The first kappa shape index (κ1) is 76.1. The third-order valence-corrected chi connectivity index (χ3v) is 19.1. The van der Waals surface area contributed by atoms with Gasteiger partial charge in [-0.3, -0.25) is 28.8 Å². The number of nitrogens with one attached hydrogen (secondary N) is 6. The van der Waals surface area contributed by atoms with Crippen LogP contribution in [-0.2, 0) is 49.5 Å². The molecule has 4 aromatic rings. The van der Waals surface area contributed by atoms with Gasteiger partial charge in [-0.2, -0.15) is 0 Å². The van der Waals surface area contributed by atoms with Crippen LogP contribution in [0.25, 0.3) is 11.1 Å². The van der Waals surface area contributed by atoms with Crippen LogP contribution in [0, 0.1) is 29.6 Å². The summed E-state index contributed by atoms with van der Waals surface area (Å²) in [7, 11) is 8.70. The third-order valence-electron chi connectivity index (χ3n) is 19.1. The zero-order chi connectivity index (χ0) is 70.0. The number of aliphatic hydroxyl groups excluding tert-OH is 1. The molecule has 22 heteroatoms. The van der Waals surface area contributed by atoms with Gasteiger partial charge in [0.1, 0.15) is 31.3 Å². The van der Waals surface area contributed by atoms with E-state index in [0.29, 0.717) is 43.6 Å². The Bertz CT molecular complexity index is 3170. The van der Waals surface area contributed by atoms with Crippen LogP contribution in [0.3, 0.4) is 0 Å². The second-order valence-corrected chi connectivity index (χ2v) is 27.5. The lowest BCUT2D eigenvalue weighted by Gasteiger charge is -2.42. The van der Waals surface area contributed by atoms with Crippen molar-refractivity contribution in [2.75, 3.05) is 60.4 Å². The maximum absolute atomic E-state index is 15.0. The van der Waals surface area contributed by atoms with Crippen LogP contribution < -0.4 is 37.6 Å². The predicted molar refractivity (Wildman–Crippen MR) is 367 cm³/mol. The first-order valence-electron chi connectivity index (χ1n) is 33.7. The van der Waals surface area contributed by atoms with Crippen molar-refractivity contribution in [2.24, 2.45) is 35.3 Å². The number of hydrogen-bond donors (Lipinski definition) is 8. The van der Waals surface area contributed by atoms with Crippen molar-refractivity contribution in [2.45, 2.75) is 181 Å². The zero-order valence-electron chi connectivity index (χ0n) is 58.5. The maximum Gasteiger partial charge on any atom is 0.407 e. The van der Waals surface area contributed by atoms with E-state index in [0.717, 1.165) is 27.8 Å². The molecule has 9 amide bonds. The number of primary amides is 1. The number of amides is 9. The molecule has 0 spiro atoms. The fourth-order valence-corrected chi connectivity index (χ4v) is 13.9. The van der Waals surface area contributed by atoms with Gasteiger partial charge in [0.25, 0.3) is 5.91 Å². The summed E-state index contributed by atoms with van der Waals surface area (Å²) in [4.78, 5) is 115. The lowest BCUT2D eigenvalue weighted by molar-refractivity contribution is -0.922. The lowest BCUT2D eigenvalue weighted by atomic mass is 9.89. The molecule has 6 rings (SSSR count). The number of aliphatic hydroxyl groups is 1. The number of likely N-dealkylation sites (N-methyl/N-ethyl adjacent to an activating group) is 2. The number of carbonyl (C=O) groups is 8. The van der Waals surface area contributed by atoms with Crippen molar-refractivity contribution >= 4 is 53.3 Å². The largest absolute Gasteiger partial charge is 0.449 e. The highest BCUT2D eigenvalue weighted by Crippen LogP contribution is 2.44. The van der Waals surface area contributed by atoms with E-state index in [1.165, 1.54) is 14.2 Å². The summed E-state index contributed by atoms with van der Waals surface area (Å²) >= 11 is 0. The Kier molecular flexibility index (Phi) is 28.2. The monoisotopic (exact) mass is 1320 g/mol. The summed E-state index contributed by atoms with van der Waals surface area (Å²) in [5, 5.41) is 28.1. The Balaban J connectivity index is 1.08. The van der Waals surface area contributed by atoms with Gasteiger partial charge in [0.2, 0.25) is 29.5 Å². The molecule has 1 aliphatic heterocycles. The van der Waals surface area contributed by atoms with Crippen LogP contribution in [-0.4, -0.2) is 177 Å². The molecule has 95 heavy (non-hydrogen) atoms. The molecule has 4 aromatic carbocycles. The fraction of sp³-hybridized carbons (Fsp3) is 0.562. The standard InChI is InChI=1S/C73H106N10O12/c1-16-46(8)63(59(93-14)40-60(84)82-39-25-33-58(82)66(94-15)47(9)67(86)76-48(10)65(85)50-26-18-17-19-27-50)81(11)71(90)62(44(4)5)79-70(89)64(45(6)7)83(12,13)41-49-34-36-51(37-35-49)77-68(87)57(32-24-38-75-72(74)91)78-69(88)61(43(2)3)80-73(92)95-42-56-54-30-22-20-28-52(54)53-29-21-23-31-55(53)56/h17-23,26-31,34-37,43-48,56-59,61-66,85H,16,24-25,32-33,38-42H2,1-15H3,(H7-,74,75,76,77,78,79,80,86,87,88,89,91,92)/p+1/t46-,47+,48+,57-,58-,59+,61-,62-,63-,64-,65+,66+/m0/s1. The van der Waals surface area contributed by atoms with Gasteiger partial charge < -0.3 is 71.2 Å². The highest BCUT2D eigenvalue weighted by atomic mass is 16.5. The molecule has 1 saturated heterocycles. The summed E-state index contributed by atoms with van der Waals surface area (Å²) in [6.45, 7) is 19.8. The van der Waals surface area contributed by atoms with E-state index in [1.54, 1.807) is 68.8 Å². The Morgan fingerprint density at radius 2 is 1.31 bits per heavy atom. The molecule has 1 fully saturated rings. The topological polar surface area (TPSA) is 289 Å². The number of methoxy groups -OCH3 is 2. The van der Waals surface area contributed by atoms with Gasteiger partial charge in [0.05, 0.1) is 62.9 Å². The minimum Gasteiger partial charge on any atom is -0.449 e. The first-order chi connectivity index (χ1) is 45.0. The van der Waals surface area contributed by atoms with E-state index in [2.05, 4.69) is 31.9 Å². The number of nitrogens with two attached hydrogens (primary N) is 1. The molecule has 9 N–H and O–H groups in total. The van der Waals surface area contributed by atoms with E-state index in [1.807, 2.05) is 135 Å². The van der Waals surface area contributed by atoms with Crippen molar-refractivity contribution in [3.8, 4) is 11.1 Å². The number of carbonyl (C=O) groups excluding carboxylic acids is 8. The molecule has 0 bridgehead atoms. The van der Waals surface area contributed by atoms with Crippen molar-refractivity contribution in [3.63, 3.8) is 0 Å². The number of anilines is 1. The highest BCUT2D eigenvalue weighted by Gasteiger charge is 2.45. The molecule has 0 unspecified atom stereocenters. The predicted octanol–water partition coefficient (Wildman–Crippen LogP) is 8.02. The smallest absolute Gasteiger partial charge is 0.407 e. The molecule has 0 radical (unpaired) electrons. The molecule has 520 valence electrons. The van der Waals surface area contributed by atoms with Crippen LogP contribution >= 0.6 is 0 Å². The molecular formula is C73H107N10O12+.